The molecule has 0 saturated carbocycles. The van der Waals surface area contributed by atoms with Crippen LogP contribution in [-0.4, -0.2) is 44.3 Å². The second-order valence-corrected chi connectivity index (χ2v) is 8.76. The molecular formula is C28H26O8. The maximum absolute atomic E-state index is 12.0. The van der Waals surface area contributed by atoms with E-state index >= 15 is 0 Å². The van der Waals surface area contributed by atoms with Crippen molar-refractivity contribution in [2.45, 2.75) is 36.5 Å². The first kappa shape index (κ1) is 26.2. The summed E-state index contributed by atoms with van der Waals surface area (Å²) in [6, 6.07) is 23.1. The van der Waals surface area contributed by atoms with Crippen molar-refractivity contribution in [1.82, 2.24) is 0 Å². The highest BCUT2D eigenvalue weighted by Gasteiger charge is 2.43. The van der Waals surface area contributed by atoms with E-state index in [9.17, 15) is 39.6 Å². The molecule has 0 amide bonds. The van der Waals surface area contributed by atoms with E-state index < -0.39 is 60.4 Å². The van der Waals surface area contributed by atoms with Crippen molar-refractivity contribution in [3.63, 3.8) is 0 Å². The van der Waals surface area contributed by atoms with Crippen LogP contribution in [0.15, 0.2) is 84.9 Å². The number of carboxylic acids is 4. The average Bonchev–Trinajstić information content (AvgIpc) is 2.83. The van der Waals surface area contributed by atoms with E-state index in [-0.39, 0.29) is 0 Å². The first-order valence-electron chi connectivity index (χ1n) is 11.2. The van der Waals surface area contributed by atoms with E-state index in [0.717, 1.165) is 0 Å². The molecule has 0 saturated heterocycles. The van der Waals surface area contributed by atoms with Gasteiger partial charge in [0.05, 0.1) is 25.7 Å². The Morgan fingerprint density at radius 1 is 0.444 bits per heavy atom. The lowest BCUT2D eigenvalue weighted by Crippen LogP contribution is -2.36. The molecule has 0 atom stereocenters. The number of hydrogen-bond donors (Lipinski definition) is 4. The molecule has 3 aromatic carbocycles. The predicted molar refractivity (Wildman–Crippen MR) is 130 cm³/mol. The van der Waals surface area contributed by atoms with Crippen LogP contribution in [-0.2, 0) is 30.0 Å². The molecule has 0 aliphatic heterocycles. The summed E-state index contributed by atoms with van der Waals surface area (Å²) in [4.78, 5) is 48.0. The molecule has 0 spiro atoms. The summed E-state index contributed by atoms with van der Waals surface area (Å²) in [6.07, 6.45) is -2.15. The fraction of sp³-hybridized carbons (Fsp3) is 0.214. The van der Waals surface area contributed by atoms with E-state index in [1.54, 1.807) is 84.9 Å². The Balaban J connectivity index is 2.35. The number of carbonyl (C=O) groups is 4. The standard InChI is InChI=1S/C28H26O8/c29-23(30)15-27(16-24(31)32,19-8-3-1-4-9-19)21-12-7-13-22(14-21)28(17-25(33)34,18-26(35)36)20-10-5-2-6-11-20/h1-14H,15-18H2,(H,29,30)(H,31,32)(H,33,34)(H,35,36). The predicted octanol–water partition coefficient (Wildman–Crippen LogP) is 4.16. The quantitative estimate of drug-likeness (QED) is 0.296. The third-order valence-electron chi connectivity index (χ3n) is 6.43. The molecule has 3 aromatic rings. The van der Waals surface area contributed by atoms with Crippen LogP contribution in [0.2, 0.25) is 0 Å². The molecule has 186 valence electrons. The lowest BCUT2D eigenvalue weighted by atomic mass is 9.65. The van der Waals surface area contributed by atoms with E-state index in [1.165, 1.54) is 0 Å². The van der Waals surface area contributed by atoms with Crippen LogP contribution >= 0.6 is 0 Å². The average molecular weight is 491 g/mol. The Kier molecular flexibility index (Phi) is 7.89. The van der Waals surface area contributed by atoms with Crippen LogP contribution < -0.4 is 0 Å². The van der Waals surface area contributed by atoms with Crippen molar-refractivity contribution in [2.75, 3.05) is 0 Å². The van der Waals surface area contributed by atoms with Gasteiger partial charge in [-0.15, -0.1) is 0 Å². The Hall–Kier alpha value is -4.46. The fourth-order valence-electron chi connectivity index (χ4n) is 4.94. The molecule has 3 rings (SSSR count). The first-order valence-corrected chi connectivity index (χ1v) is 11.2. The summed E-state index contributed by atoms with van der Waals surface area (Å²) in [7, 11) is 0. The van der Waals surface area contributed by atoms with Gasteiger partial charge in [0.15, 0.2) is 0 Å². The van der Waals surface area contributed by atoms with Crippen LogP contribution in [0.4, 0.5) is 0 Å². The second-order valence-electron chi connectivity index (χ2n) is 8.76. The summed E-state index contributed by atoms with van der Waals surface area (Å²) in [6.45, 7) is 0. The molecule has 0 heterocycles. The largest absolute Gasteiger partial charge is 0.481 e. The molecule has 4 N–H and O–H groups in total. The zero-order chi connectivity index (χ0) is 26.3. The van der Waals surface area contributed by atoms with Crippen LogP contribution in [0.1, 0.15) is 47.9 Å². The van der Waals surface area contributed by atoms with Gasteiger partial charge >= 0.3 is 23.9 Å². The van der Waals surface area contributed by atoms with Crippen LogP contribution in [0.3, 0.4) is 0 Å². The van der Waals surface area contributed by atoms with Gasteiger partial charge < -0.3 is 20.4 Å². The van der Waals surface area contributed by atoms with Crippen molar-refractivity contribution in [1.29, 1.82) is 0 Å². The Bertz CT molecular complexity index is 1120. The van der Waals surface area contributed by atoms with Crippen molar-refractivity contribution in [2.24, 2.45) is 0 Å². The highest BCUT2D eigenvalue weighted by molar-refractivity contribution is 5.78. The Labute approximate surface area is 207 Å². The minimum absolute atomic E-state index is 0.340. The molecule has 36 heavy (non-hydrogen) atoms. The molecule has 0 bridgehead atoms. The minimum atomic E-state index is -1.48. The topological polar surface area (TPSA) is 149 Å². The summed E-state index contributed by atoms with van der Waals surface area (Å²) in [5.74, 6) is -4.85. The van der Waals surface area contributed by atoms with E-state index in [4.69, 9.17) is 0 Å². The normalized spacial score (nSPS) is 11.6. The minimum Gasteiger partial charge on any atom is -0.481 e. The van der Waals surface area contributed by atoms with Crippen molar-refractivity contribution in [3.8, 4) is 0 Å². The van der Waals surface area contributed by atoms with Gasteiger partial charge in [-0.3, -0.25) is 19.2 Å². The van der Waals surface area contributed by atoms with E-state index in [2.05, 4.69) is 0 Å². The Morgan fingerprint density at radius 3 is 1.00 bits per heavy atom. The van der Waals surface area contributed by atoms with Crippen molar-refractivity contribution < 1.29 is 39.6 Å². The highest BCUT2D eigenvalue weighted by Crippen LogP contribution is 2.44. The van der Waals surface area contributed by atoms with Gasteiger partial charge in [0.2, 0.25) is 0 Å². The van der Waals surface area contributed by atoms with Crippen LogP contribution in [0.5, 0.6) is 0 Å². The molecule has 0 aliphatic carbocycles. The third kappa shape index (κ3) is 5.60. The highest BCUT2D eigenvalue weighted by atomic mass is 16.4. The Morgan fingerprint density at radius 2 is 0.722 bits per heavy atom. The fourth-order valence-corrected chi connectivity index (χ4v) is 4.94. The SMILES string of the molecule is O=C(O)CC(CC(=O)O)(c1ccccc1)c1cccc(C(CC(=O)O)(CC(=O)O)c2ccccc2)c1. The number of aliphatic carboxylic acids is 4. The van der Waals surface area contributed by atoms with Crippen molar-refractivity contribution in [3.05, 3.63) is 107 Å². The van der Waals surface area contributed by atoms with Crippen molar-refractivity contribution >= 4 is 23.9 Å². The summed E-state index contributed by atoms with van der Waals surface area (Å²) in [5, 5.41) is 39.1. The second kappa shape index (κ2) is 10.9. The lowest BCUT2D eigenvalue weighted by Gasteiger charge is -2.36. The number of carboxylic acid groups (broad SMARTS) is 4. The maximum atomic E-state index is 12.0. The molecule has 0 radical (unpaired) electrons. The van der Waals surface area contributed by atoms with Gasteiger partial charge in [0.1, 0.15) is 0 Å². The molecule has 8 heteroatoms. The molecule has 0 unspecified atom stereocenters. The van der Waals surface area contributed by atoms with Crippen LogP contribution in [0.25, 0.3) is 0 Å². The maximum Gasteiger partial charge on any atom is 0.304 e. The number of benzene rings is 3. The first-order chi connectivity index (χ1) is 17.1. The van der Waals surface area contributed by atoms with Gasteiger partial charge in [-0.1, -0.05) is 84.9 Å². The van der Waals surface area contributed by atoms with Gasteiger partial charge in [0, 0.05) is 10.8 Å². The van der Waals surface area contributed by atoms with Gasteiger partial charge in [0.25, 0.3) is 0 Å². The third-order valence-corrected chi connectivity index (χ3v) is 6.43. The molecule has 8 nitrogen and oxygen atoms in total. The zero-order valence-corrected chi connectivity index (χ0v) is 19.3. The van der Waals surface area contributed by atoms with Gasteiger partial charge in [-0.2, -0.15) is 0 Å². The smallest absolute Gasteiger partial charge is 0.304 e. The van der Waals surface area contributed by atoms with E-state index in [1.807, 2.05) is 0 Å². The number of hydrogen-bond acceptors (Lipinski definition) is 4. The zero-order valence-electron chi connectivity index (χ0n) is 19.3. The van der Waals surface area contributed by atoms with Gasteiger partial charge in [-0.25, -0.2) is 0 Å². The number of rotatable bonds is 12. The summed E-state index contributed by atoms with van der Waals surface area (Å²) < 4.78 is 0. The summed E-state index contributed by atoms with van der Waals surface area (Å²) in [5.41, 5.74) is -1.35. The van der Waals surface area contributed by atoms with E-state index in [0.29, 0.717) is 22.3 Å². The molecule has 0 aromatic heterocycles. The van der Waals surface area contributed by atoms with Crippen LogP contribution in [0, 0.1) is 0 Å². The summed E-state index contributed by atoms with van der Waals surface area (Å²) >= 11 is 0. The monoisotopic (exact) mass is 490 g/mol. The molecule has 0 fully saturated rings. The van der Waals surface area contributed by atoms with Gasteiger partial charge in [-0.05, 0) is 22.3 Å². The lowest BCUT2D eigenvalue weighted by molar-refractivity contribution is -0.142. The molecule has 0 aliphatic rings. The molecular weight excluding hydrogens is 464 g/mol.